The van der Waals surface area contributed by atoms with Gasteiger partial charge in [0.2, 0.25) is 0 Å². The minimum Gasteiger partial charge on any atom is -0.495 e. The number of urea groups is 1. The third kappa shape index (κ3) is 3.33. The molecular formula is C9H12N2O5S. The normalized spacial score (nSPS) is 10.8. The Labute approximate surface area is 98.5 Å². The second kappa shape index (κ2) is 5.02. The Balaban J connectivity index is 3.19. The van der Waals surface area contributed by atoms with Crippen molar-refractivity contribution in [2.75, 3.05) is 19.5 Å². The standard InChI is InChI=1S/C9H12N2O5S/c1-10-9(12)11-6-3-4-7(16-2)8(5-6)17(13,14)15/h3-5H,1-2H3,(H2,10,11,12)(H,13,14,15). The lowest BCUT2D eigenvalue weighted by atomic mass is 10.3. The molecule has 8 heteroatoms. The predicted octanol–water partition coefficient (Wildman–Crippen LogP) is 0.693. The highest BCUT2D eigenvalue weighted by Crippen LogP contribution is 2.26. The maximum Gasteiger partial charge on any atom is 0.318 e. The molecule has 0 radical (unpaired) electrons. The summed E-state index contributed by atoms with van der Waals surface area (Å²) in [6, 6.07) is 3.37. The van der Waals surface area contributed by atoms with E-state index in [2.05, 4.69) is 10.6 Å². The van der Waals surface area contributed by atoms with E-state index in [9.17, 15) is 13.2 Å². The van der Waals surface area contributed by atoms with E-state index in [0.717, 1.165) is 6.07 Å². The average Bonchev–Trinajstić information content (AvgIpc) is 2.27. The van der Waals surface area contributed by atoms with Crippen molar-refractivity contribution in [2.45, 2.75) is 4.90 Å². The van der Waals surface area contributed by atoms with Crippen molar-refractivity contribution < 1.29 is 22.5 Å². The summed E-state index contributed by atoms with van der Waals surface area (Å²) in [6.45, 7) is 0. The van der Waals surface area contributed by atoms with Gasteiger partial charge in [0.25, 0.3) is 10.1 Å². The van der Waals surface area contributed by atoms with E-state index in [1.165, 1.54) is 26.3 Å². The van der Waals surface area contributed by atoms with Gasteiger partial charge in [-0.05, 0) is 18.2 Å². The summed E-state index contributed by atoms with van der Waals surface area (Å²) < 4.78 is 35.9. The van der Waals surface area contributed by atoms with Gasteiger partial charge in [-0.3, -0.25) is 4.55 Å². The molecule has 3 N–H and O–H groups in total. The summed E-state index contributed by atoms with van der Waals surface area (Å²) in [7, 11) is -1.71. The fraction of sp³-hybridized carbons (Fsp3) is 0.222. The molecule has 0 saturated heterocycles. The second-order valence-electron chi connectivity index (χ2n) is 3.04. The Morgan fingerprint density at radius 2 is 2.06 bits per heavy atom. The summed E-state index contributed by atoms with van der Waals surface area (Å²) >= 11 is 0. The Morgan fingerprint density at radius 3 is 2.53 bits per heavy atom. The van der Waals surface area contributed by atoms with Crippen LogP contribution in [0.1, 0.15) is 0 Å². The number of carbonyl (C=O) groups is 1. The number of anilines is 1. The Morgan fingerprint density at radius 1 is 1.41 bits per heavy atom. The fourth-order valence-electron chi connectivity index (χ4n) is 1.15. The van der Waals surface area contributed by atoms with Gasteiger partial charge in [0, 0.05) is 12.7 Å². The number of amides is 2. The summed E-state index contributed by atoms with van der Waals surface area (Å²) in [5.41, 5.74) is 0.220. The van der Waals surface area contributed by atoms with Crippen molar-refractivity contribution in [3.05, 3.63) is 18.2 Å². The molecule has 0 spiro atoms. The predicted molar refractivity (Wildman–Crippen MR) is 60.9 cm³/mol. The molecular weight excluding hydrogens is 248 g/mol. The lowest BCUT2D eigenvalue weighted by Crippen LogP contribution is -2.24. The van der Waals surface area contributed by atoms with Gasteiger partial charge in [0.05, 0.1) is 7.11 Å². The number of hydrogen-bond donors (Lipinski definition) is 3. The average molecular weight is 260 g/mol. The number of carbonyl (C=O) groups excluding carboxylic acids is 1. The molecule has 0 aliphatic carbocycles. The first-order valence-corrected chi connectivity index (χ1v) is 5.96. The zero-order chi connectivity index (χ0) is 13.1. The van der Waals surface area contributed by atoms with Gasteiger partial charge >= 0.3 is 6.03 Å². The van der Waals surface area contributed by atoms with Gasteiger partial charge in [-0.15, -0.1) is 0 Å². The summed E-state index contributed by atoms with van der Waals surface area (Å²) in [5.74, 6) is -0.00467. The summed E-state index contributed by atoms with van der Waals surface area (Å²) in [5, 5.41) is 4.68. The number of methoxy groups -OCH3 is 1. The van der Waals surface area contributed by atoms with Crippen LogP contribution in [0.3, 0.4) is 0 Å². The van der Waals surface area contributed by atoms with Crippen molar-refractivity contribution in [3.8, 4) is 5.75 Å². The zero-order valence-corrected chi connectivity index (χ0v) is 10.0. The third-order valence-corrected chi connectivity index (χ3v) is 2.80. The van der Waals surface area contributed by atoms with Gasteiger partial charge in [0.15, 0.2) is 0 Å². The number of hydrogen-bond acceptors (Lipinski definition) is 4. The highest BCUT2D eigenvalue weighted by Gasteiger charge is 2.17. The maximum absolute atomic E-state index is 11.1. The van der Waals surface area contributed by atoms with Crippen LogP contribution in [-0.4, -0.2) is 33.2 Å². The third-order valence-electron chi connectivity index (χ3n) is 1.93. The molecule has 0 saturated carbocycles. The van der Waals surface area contributed by atoms with Crippen LogP contribution in [0.4, 0.5) is 10.5 Å². The summed E-state index contributed by atoms with van der Waals surface area (Å²) in [6.07, 6.45) is 0. The maximum atomic E-state index is 11.1. The first-order valence-electron chi connectivity index (χ1n) is 4.52. The minimum atomic E-state index is -4.41. The lowest BCUT2D eigenvalue weighted by Gasteiger charge is -2.09. The molecule has 0 unspecified atom stereocenters. The van der Waals surface area contributed by atoms with E-state index in [-0.39, 0.29) is 11.4 Å². The van der Waals surface area contributed by atoms with Gasteiger partial charge in [-0.2, -0.15) is 8.42 Å². The first-order chi connectivity index (χ1) is 7.88. The molecule has 0 fully saturated rings. The Hall–Kier alpha value is -1.80. The van der Waals surface area contributed by atoms with Gasteiger partial charge in [-0.1, -0.05) is 0 Å². The number of nitrogens with one attached hydrogen (secondary N) is 2. The Bertz CT molecular complexity index is 526. The fourth-order valence-corrected chi connectivity index (χ4v) is 1.83. The van der Waals surface area contributed by atoms with Gasteiger partial charge in [-0.25, -0.2) is 4.79 Å². The molecule has 0 bridgehead atoms. The molecule has 0 heterocycles. The van der Waals surface area contributed by atoms with Crippen molar-refractivity contribution in [1.29, 1.82) is 0 Å². The van der Waals surface area contributed by atoms with E-state index in [0.29, 0.717) is 0 Å². The molecule has 1 aromatic carbocycles. The zero-order valence-electron chi connectivity index (χ0n) is 9.22. The smallest absolute Gasteiger partial charge is 0.318 e. The monoisotopic (exact) mass is 260 g/mol. The van der Waals surface area contributed by atoms with Crippen LogP contribution in [0.15, 0.2) is 23.1 Å². The van der Waals surface area contributed by atoms with Crippen LogP contribution < -0.4 is 15.4 Å². The topological polar surface area (TPSA) is 105 Å². The largest absolute Gasteiger partial charge is 0.495 e. The number of ether oxygens (including phenoxy) is 1. The molecule has 94 valence electrons. The minimum absolute atomic E-state index is 0.00467. The Kier molecular flexibility index (Phi) is 3.92. The quantitative estimate of drug-likeness (QED) is 0.694. The molecule has 0 aromatic heterocycles. The van der Waals surface area contributed by atoms with Crippen molar-refractivity contribution >= 4 is 21.8 Å². The number of benzene rings is 1. The van der Waals surface area contributed by atoms with E-state index >= 15 is 0 Å². The van der Waals surface area contributed by atoms with Crippen LogP contribution >= 0.6 is 0 Å². The van der Waals surface area contributed by atoms with Gasteiger partial charge in [0.1, 0.15) is 10.6 Å². The van der Waals surface area contributed by atoms with Crippen LogP contribution in [0.5, 0.6) is 5.75 Å². The first kappa shape index (κ1) is 13.3. The highest BCUT2D eigenvalue weighted by molar-refractivity contribution is 7.86. The van der Waals surface area contributed by atoms with Gasteiger partial charge < -0.3 is 15.4 Å². The lowest BCUT2D eigenvalue weighted by molar-refractivity contribution is 0.254. The van der Waals surface area contributed by atoms with Crippen LogP contribution in [0, 0.1) is 0 Å². The molecule has 0 aliphatic heterocycles. The van der Waals surface area contributed by atoms with E-state index in [1.54, 1.807) is 0 Å². The number of rotatable bonds is 3. The molecule has 1 aromatic rings. The van der Waals surface area contributed by atoms with Crippen LogP contribution in [0.25, 0.3) is 0 Å². The molecule has 0 aliphatic rings. The highest BCUT2D eigenvalue weighted by atomic mass is 32.2. The second-order valence-corrected chi connectivity index (χ2v) is 4.43. The molecule has 0 atom stereocenters. The van der Waals surface area contributed by atoms with E-state index < -0.39 is 21.0 Å². The molecule has 7 nitrogen and oxygen atoms in total. The van der Waals surface area contributed by atoms with Crippen molar-refractivity contribution in [1.82, 2.24) is 5.32 Å². The van der Waals surface area contributed by atoms with Crippen LogP contribution in [0.2, 0.25) is 0 Å². The summed E-state index contributed by atoms with van der Waals surface area (Å²) in [4.78, 5) is 10.6. The molecule has 1 rings (SSSR count). The molecule has 2 amide bonds. The van der Waals surface area contributed by atoms with Crippen molar-refractivity contribution in [2.24, 2.45) is 0 Å². The van der Waals surface area contributed by atoms with Crippen LogP contribution in [-0.2, 0) is 10.1 Å². The van der Waals surface area contributed by atoms with E-state index in [1.807, 2.05) is 0 Å². The SMILES string of the molecule is CNC(=O)Nc1ccc(OC)c(S(=O)(=O)O)c1. The van der Waals surface area contributed by atoms with E-state index in [4.69, 9.17) is 9.29 Å². The molecule has 17 heavy (non-hydrogen) atoms. The van der Waals surface area contributed by atoms with Crippen molar-refractivity contribution in [3.63, 3.8) is 0 Å².